The van der Waals surface area contributed by atoms with Gasteiger partial charge in [-0.25, -0.2) is 0 Å². The van der Waals surface area contributed by atoms with Crippen LogP contribution < -0.4 is 5.32 Å². The fourth-order valence-corrected chi connectivity index (χ4v) is 2.56. The lowest BCUT2D eigenvalue weighted by molar-refractivity contribution is 0.523. The SMILES string of the molecule is CNC(c1ccoc1C)c1cccc2ccncc12. The first kappa shape index (κ1) is 11.9. The summed E-state index contributed by atoms with van der Waals surface area (Å²) in [4.78, 5) is 4.24. The molecule has 0 bridgehead atoms. The van der Waals surface area contributed by atoms with Gasteiger partial charge >= 0.3 is 0 Å². The van der Waals surface area contributed by atoms with Gasteiger partial charge in [-0.05, 0) is 37.1 Å². The number of fused-ring (bicyclic) bond motifs is 1. The molecule has 3 heteroatoms. The summed E-state index contributed by atoms with van der Waals surface area (Å²) >= 11 is 0. The summed E-state index contributed by atoms with van der Waals surface area (Å²) in [6.07, 6.45) is 5.48. The molecule has 1 aromatic carbocycles. The molecule has 0 radical (unpaired) electrons. The van der Waals surface area contributed by atoms with Crippen molar-refractivity contribution in [2.45, 2.75) is 13.0 Å². The maximum atomic E-state index is 5.43. The van der Waals surface area contributed by atoms with E-state index in [1.807, 2.05) is 38.5 Å². The number of hydrogen-bond donors (Lipinski definition) is 1. The van der Waals surface area contributed by atoms with Crippen LogP contribution >= 0.6 is 0 Å². The van der Waals surface area contributed by atoms with Gasteiger partial charge in [-0.2, -0.15) is 0 Å². The van der Waals surface area contributed by atoms with Gasteiger partial charge in [0, 0.05) is 23.3 Å². The molecular formula is C16H16N2O. The molecule has 0 fully saturated rings. The summed E-state index contributed by atoms with van der Waals surface area (Å²) in [7, 11) is 1.96. The van der Waals surface area contributed by atoms with Crippen LogP contribution in [0.2, 0.25) is 0 Å². The number of furan rings is 1. The molecule has 0 saturated heterocycles. The largest absolute Gasteiger partial charge is 0.469 e. The van der Waals surface area contributed by atoms with Crippen molar-refractivity contribution in [3.05, 3.63) is 65.9 Å². The molecule has 0 spiro atoms. The first-order chi connectivity index (χ1) is 9.31. The van der Waals surface area contributed by atoms with Crippen LogP contribution in [-0.2, 0) is 0 Å². The second-order valence-electron chi connectivity index (χ2n) is 4.60. The Morgan fingerprint density at radius 2 is 2.05 bits per heavy atom. The van der Waals surface area contributed by atoms with Crippen molar-refractivity contribution in [1.82, 2.24) is 10.3 Å². The van der Waals surface area contributed by atoms with E-state index in [0.29, 0.717) is 0 Å². The average molecular weight is 252 g/mol. The van der Waals surface area contributed by atoms with Crippen LogP contribution in [0.15, 0.2) is 53.4 Å². The van der Waals surface area contributed by atoms with Crippen molar-refractivity contribution in [2.75, 3.05) is 7.05 Å². The standard InChI is InChI=1S/C16H16N2O/c1-11-13(7-9-19-11)16(17-2)14-5-3-4-12-6-8-18-10-15(12)14/h3-10,16-17H,1-2H3. The van der Waals surface area contributed by atoms with Gasteiger partial charge in [0.05, 0.1) is 12.3 Å². The lowest BCUT2D eigenvalue weighted by atomic mass is 9.95. The molecule has 2 heterocycles. The summed E-state index contributed by atoms with van der Waals surface area (Å²) in [6.45, 7) is 1.99. The van der Waals surface area contributed by atoms with Gasteiger partial charge in [0.2, 0.25) is 0 Å². The summed E-state index contributed by atoms with van der Waals surface area (Å²) in [5, 5.41) is 5.74. The van der Waals surface area contributed by atoms with Gasteiger partial charge < -0.3 is 9.73 Å². The minimum atomic E-state index is 0.117. The smallest absolute Gasteiger partial charge is 0.105 e. The van der Waals surface area contributed by atoms with E-state index in [-0.39, 0.29) is 6.04 Å². The fraction of sp³-hybridized carbons (Fsp3) is 0.188. The molecule has 2 aromatic heterocycles. The van der Waals surface area contributed by atoms with Crippen LogP contribution in [0.4, 0.5) is 0 Å². The fourth-order valence-electron chi connectivity index (χ4n) is 2.56. The molecule has 0 aliphatic carbocycles. The summed E-state index contributed by atoms with van der Waals surface area (Å²) in [6, 6.07) is 10.5. The van der Waals surface area contributed by atoms with E-state index < -0.39 is 0 Å². The van der Waals surface area contributed by atoms with Crippen LogP contribution in [-0.4, -0.2) is 12.0 Å². The third kappa shape index (κ3) is 2.02. The molecule has 19 heavy (non-hydrogen) atoms. The zero-order valence-electron chi connectivity index (χ0n) is 11.1. The predicted octanol–water partition coefficient (Wildman–Crippen LogP) is 3.45. The van der Waals surface area contributed by atoms with Gasteiger partial charge in [0.25, 0.3) is 0 Å². The van der Waals surface area contributed by atoms with Crippen LogP contribution in [0.25, 0.3) is 10.8 Å². The summed E-state index contributed by atoms with van der Waals surface area (Å²) in [5.74, 6) is 0.945. The number of nitrogens with zero attached hydrogens (tertiary/aromatic N) is 1. The van der Waals surface area contributed by atoms with Crippen molar-refractivity contribution in [3.8, 4) is 0 Å². The van der Waals surface area contributed by atoms with Crippen molar-refractivity contribution in [3.63, 3.8) is 0 Å². The van der Waals surface area contributed by atoms with Gasteiger partial charge in [-0.1, -0.05) is 18.2 Å². The Labute approximate surface area is 112 Å². The Morgan fingerprint density at radius 3 is 2.79 bits per heavy atom. The summed E-state index contributed by atoms with van der Waals surface area (Å²) in [5.41, 5.74) is 2.39. The quantitative estimate of drug-likeness (QED) is 0.776. The number of pyridine rings is 1. The Hall–Kier alpha value is -2.13. The molecule has 1 unspecified atom stereocenters. The zero-order valence-corrected chi connectivity index (χ0v) is 11.1. The normalized spacial score (nSPS) is 12.7. The van der Waals surface area contributed by atoms with Gasteiger partial charge in [0.1, 0.15) is 5.76 Å². The zero-order chi connectivity index (χ0) is 13.2. The Balaban J connectivity index is 2.20. The number of aryl methyl sites for hydroxylation is 1. The first-order valence-corrected chi connectivity index (χ1v) is 6.35. The van der Waals surface area contributed by atoms with Crippen molar-refractivity contribution in [1.29, 1.82) is 0 Å². The molecule has 0 aliphatic rings. The van der Waals surface area contributed by atoms with Crippen LogP contribution in [0.5, 0.6) is 0 Å². The van der Waals surface area contributed by atoms with E-state index in [1.54, 1.807) is 6.26 Å². The number of benzene rings is 1. The number of hydrogen-bond acceptors (Lipinski definition) is 3. The van der Waals surface area contributed by atoms with Gasteiger partial charge in [0.15, 0.2) is 0 Å². The maximum absolute atomic E-state index is 5.43. The minimum Gasteiger partial charge on any atom is -0.469 e. The highest BCUT2D eigenvalue weighted by Gasteiger charge is 2.18. The molecule has 3 aromatic rings. The van der Waals surface area contributed by atoms with E-state index in [4.69, 9.17) is 4.42 Å². The lowest BCUT2D eigenvalue weighted by Gasteiger charge is -2.18. The highest BCUT2D eigenvalue weighted by atomic mass is 16.3. The minimum absolute atomic E-state index is 0.117. The molecule has 3 nitrogen and oxygen atoms in total. The third-order valence-corrected chi connectivity index (χ3v) is 3.53. The highest BCUT2D eigenvalue weighted by Crippen LogP contribution is 2.30. The van der Waals surface area contributed by atoms with Crippen LogP contribution in [0, 0.1) is 6.92 Å². The van der Waals surface area contributed by atoms with E-state index in [1.165, 1.54) is 21.9 Å². The monoisotopic (exact) mass is 252 g/mol. The Bertz CT molecular complexity index is 697. The molecule has 0 aliphatic heterocycles. The van der Waals surface area contributed by atoms with Crippen LogP contribution in [0.3, 0.4) is 0 Å². The molecule has 96 valence electrons. The number of nitrogens with one attached hydrogen (secondary N) is 1. The summed E-state index contributed by atoms with van der Waals surface area (Å²) < 4.78 is 5.43. The highest BCUT2D eigenvalue weighted by molar-refractivity contribution is 5.85. The molecule has 0 saturated carbocycles. The Morgan fingerprint density at radius 1 is 1.16 bits per heavy atom. The number of aromatic nitrogens is 1. The van der Waals surface area contributed by atoms with Gasteiger partial charge in [-0.3, -0.25) is 4.98 Å². The average Bonchev–Trinajstić information content (AvgIpc) is 2.86. The van der Waals surface area contributed by atoms with E-state index in [0.717, 1.165) is 5.76 Å². The predicted molar refractivity (Wildman–Crippen MR) is 76.1 cm³/mol. The molecule has 1 N–H and O–H groups in total. The topological polar surface area (TPSA) is 38.1 Å². The van der Waals surface area contributed by atoms with E-state index >= 15 is 0 Å². The lowest BCUT2D eigenvalue weighted by Crippen LogP contribution is -2.18. The van der Waals surface area contributed by atoms with Crippen molar-refractivity contribution < 1.29 is 4.42 Å². The van der Waals surface area contributed by atoms with Crippen molar-refractivity contribution >= 4 is 10.8 Å². The number of rotatable bonds is 3. The third-order valence-electron chi connectivity index (χ3n) is 3.53. The molecule has 1 atom stereocenters. The maximum Gasteiger partial charge on any atom is 0.105 e. The molecule has 0 amide bonds. The first-order valence-electron chi connectivity index (χ1n) is 6.35. The van der Waals surface area contributed by atoms with E-state index in [9.17, 15) is 0 Å². The van der Waals surface area contributed by atoms with Crippen LogP contribution in [0.1, 0.15) is 22.9 Å². The molecule has 3 rings (SSSR count). The second-order valence-corrected chi connectivity index (χ2v) is 4.60. The molecular weight excluding hydrogens is 236 g/mol. The Kier molecular flexibility index (Phi) is 3.05. The van der Waals surface area contributed by atoms with Gasteiger partial charge in [-0.15, -0.1) is 0 Å². The van der Waals surface area contributed by atoms with Crippen molar-refractivity contribution in [2.24, 2.45) is 0 Å². The second kappa shape index (κ2) is 4.86. The van der Waals surface area contributed by atoms with E-state index in [2.05, 4.69) is 28.5 Å².